The lowest BCUT2D eigenvalue weighted by atomic mass is 9.87. The molecule has 108 valence electrons. The van der Waals surface area contributed by atoms with Crippen LogP contribution in [0.3, 0.4) is 0 Å². The molecule has 0 aliphatic carbocycles. The summed E-state index contributed by atoms with van der Waals surface area (Å²) in [5.41, 5.74) is 1.57. The molecule has 1 aromatic carbocycles. The van der Waals surface area contributed by atoms with Crippen LogP contribution in [0, 0.1) is 0 Å². The molecule has 0 amide bonds. The highest BCUT2D eigenvalue weighted by Crippen LogP contribution is 2.26. The zero-order valence-electron chi connectivity index (χ0n) is 12.2. The van der Waals surface area contributed by atoms with Gasteiger partial charge in [0.15, 0.2) is 0 Å². The van der Waals surface area contributed by atoms with Gasteiger partial charge < -0.3 is 4.57 Å². The van der Waals surface area contributed by atoms with E-state index in [0.717, 1.165) is 12.3 Å². The van der Waals surface area contributed by atoms with Gasteiger partial charge in [-0.15, -0.1) is 23.4 Å². The Kier molecular flexibility index (Phi) is 5.17. The molecule has 1 atom stereocenters. The van der Waals surface area contributed by atoms with Gasteiger partial charge in [0.25, 0.3) is 0 Å². The Morgan fingerprint density at radius 3 is 2.50 bits per heavy atom. The van der Waals surface area contributed by atoms with Crippen molar-refractivity contribution in [3.05, 3.63) is 48.5 Å². The Morgan fingerprint density at radius 1 is 1.25 bits per heavy atom. The van der Waals surface area contributed by atoms with Crippen LogP contribution in [0.2, 0.25) is 0 Å². The Bertz CT molecular complexity index is 514. The van der Waals surface area contributed by atoms with E-state index in [1.807, 2.05) is 10.8 Å². The van der Waals surface area contributed by atoms with Crippen LogP contribution in [0.25, 0.3) is 0 Å². The topological polar surface area (TPSA) is 17.8 Å². The summed E-state index contributed by atoms with van der Waals surface area (Å²) in [6, 6.07) is 8.79. The number of imidazole rings is 1. The van der Waals surface area contributed by atoms with Gasteiger partial charge in [-0.3, -0.25) is 0 Å². The molecule has 2 nitrogen and oxygen atoms in total. The molecule has 4 heteroatoms. The fourth-order valence-corrected chi connectivity index (χ4v) is 3.07. The average Bonchev–Trinajstić information content (AvgIpc) is 2.88. The number of rotatable bonds is 5. The third-order valence-electron chi connectivity index (χ3n) is 3.12. The van der Waals surface area contributed by atoms with Crippen LogP contribution in [-0.2, 0) is 12.0 Å². The van der Waals surface area contributed by atoms with Gasteiger partial charge in [0.1, 0.15) is 0 Å². The van der Waals surface area contributed by atoms with E-state index in [0.29, 0.717) is 0 Å². The van der Waals surface area contributed by atoms with Crippen LogP contribution >= 0.6 is 23.4 Å². The predicted molar refractivity (Wildman–Crippen MR) is 87.7 cm³/mol. The molecule has 2 aromatic rings. The third kappa shape index (κ3) is 4.57. The standard InChI is InChI=1S/C16H21ClN2S/c1-16(2,3)13-4-6-15(7-5-13)20-11-14(17)10-19-9-8-18-12-19/h4-9,12,14H,10-11H2,1-3H3. The highest BCUT2D eigenvalue weighted by atomic mass is 35.5. The summed E-state index contributed by atoms with van der Waals surface area (Å²) >= 11 is 8.16. The molecule has 0 saturated carbocycles. The number of nitrogens with zero attached hydrogens (tertiary/aromatic N) is 2. The number of benzene rings is 1. The number of thioether (sulfide) groups is 1. The van der Waals surface area contributed by atoms with Crippen LogP contribution in [0.4, 0.5) is 0 Å². The van der Waals surface area contributed by atoms with Crippen molar-refractivity contribution in [3.8, 4) is 0 Å². The van der Waals surface area contributed by atoms with Gasteiger partial charge in [-0.1, -0.05) is 32.9 Å². The number of hydrogen-bond donors (Lipinski definition) is 0. The summed E-state index contributed by atoms with van der Waals surface area (Å²) in [6.07, 6.45) is 5.53. The fourth-order valence-electron chi connectivity index (χ4n) is 1.91. The van der Waals surface area contributed by atoms with E-state index >= 15 is 0 Å². The van der Waals surface area contributed by atoms with Crippen molar-refractivity contribution >= 4 is 23.4 Å². The van der Waals surface area contributed by atoms with Crippen molar-refractivity contribution in [2.45, 2.75) is 43.0 Å². The summed E-state index contributed by atoms with van der Waals surface area (Å²) in [4.78, 5) is 5.30. The Balaban J connectivity index is 1.84. The first-order chi connectivity index (χ1) is 9.45. The van der Waals surface area contributed by atoms with E-state index in [-0.39, 0.29) is 10.8 Å². The first kappa shape index (κ1) is 15.5. The second-order valence-corrected chi connectivity index (χ2v) is 7.65. The first-order valence-electron chi connectivity index (χ1n) is 6.78. The minimum atomic E-state index is 0.108. The van der Waals surface area contributed by atoms with Crippen molar-refractivity contribution in [1.29, 1.82) is 0 Å². The Hall–Kier alpha value is -0.930. The molecule has 0 N–H and O–H groups in total. The summed E-state index contributed by atoms with van der Waals surface area (Å²) < 4.78 is 2.01. The summed E-state index contributed by atoms with van der Waals surface area (Å²) in [7, 11) is 0. The van der Waals surface area contributed by atoms with Gasteiger partial charge in [0.2, 0.25) is 0 Å². The molecule has 0 bridgehead atoms. The van der Waals surface area contributed by atoms with E-state index in [1.54, 1.807) is 24.3 Å². The van der Waals surface area contributed by atoms with E-state index in [4.69, 9.17) is 11.6 Å². The van der Waals surface area contributed by atoms with Crippen LogP contribution < -0.4 is 0 Å². The fraction of sp³-hybridized carbons (Fsp3) is 0.438. The molecule has 0 fully saturated rings. The minimum Gasteiger partial charge on any atom is -0.336 e. The smallest absolute Gasteiger partial charge is 0.0946 e. The van der Waals surface area contributed by atoms with Crippen LogP contribution in [0.15, 0.2) is 47.9 Å². The third-order valence-corrected chi connectivity index (χ3v) is 4.77. The second-order valence-electron chi connectivity index (χ2n) is 5.94. The molecule has 2 rings (SSSR count). The summed E-state index contributed by atoms with van der Waals surface area (Å²) in [5.74, 6) is 0.897. The van der Waals surface area contributed by atoms with Crippen molar-refractivity contribution in [2.75, 3.05) is 5.75 Å². The van der Waals surface area contributed by atoms with Crippen LogP contribution in [0.1, 0.15) is 26.3 Å². The minimum absolute atomic E-state index is 0.108. The normalized spacial score (nSPS) is 13.4. The summed E-state index contributed by atoms with van der Waals surface area (Å²) in [5, 5.41) is 0.108. The molecule has 0 saturated heterocycles. The molecular weight excluding hydrogens is 288 g/mol. The van der Waals surface area contributed by atoms with Crippen LogP contribution in [-0.4, -0.2) is 20.7 Å². The van der Waals surface area contributed by atoms with Crippen molar-refractivity contribution < 1.29 is 0 Å². The number of hydrogen-bond acceptors (Lipinski definition) is 2. The van der Waals surface area contributed by atoms with Crippen molar-refractivity contribution in [3.63, 3.8) is 0 Å². The van der Waals surface area contributed by atoms with E-state index in [9.17, 15) is 0 Å². The van der Waals surface area contributed by atoms with Gasteiger partial charge in [-0.25, -0.2) is 4.98 Å². The second kappa shape index (κ2) is 6.68. The number of aromatic nitrogens is 2. The molecule has 20 heavy (non-hydrogen) atoms. The monoisotopic (exact) mass is 308 g/mol. The maximum Gasteiger partial charge on any atom is 0.0946 e. The Labute approximate surface area is 130 Å². The molecule has 1 aromatic heterocycles. The number of halogens is 1. The largest absolute Gasteiger partial charge is 0.336 e. The lowest BCUT2D eigenvalue weighted by Crippen LogP contribution is -2.12. The highest BCUT2D eigenvalue weighted by molar-refractivity contribution is 7.99. The summed E-state index contributed by atoms with van der Waals surface area (Å²) in [6.45, 7) is 7.49. The van der Waals surface area contributed by atoms with Gasteiger partial charge >= 0.3 is 0 Å². The highest BCUT2D eigenvalue weighted by Gasteiger charge is 2.13. The molecule has 0 radical (unpaired) electrons. The van der Waals surface area contributed by atoms with Crippen LogP contribution in [0.5, 0.6) is 0 Å². The quantitative estimate of drug-likeness (QED) is 0.594. The van der Waals surface area contributed by atoms with Crippen molar-refractivity contribution in [1.82, 2.24) is 9.55 Å². The lowest BCUT2D eigenvalue weighted by Gasteiger charge is -2.19. The average molecular weight is 309 g/mol. The van der Waals surface area contributed by atoms with E-state index in [1.165, 1.54) is 10.5 Å². The van der Waals surface area contributed by atoms with Gasteiger partial charge in [0.05, 0.1) is 11.7 Å². The van der Waals surface area contributed by atoms with Crippen molar-refractivity contribution in [2.24, 2.45) is 0 Å². The number of alkyl halides is 1. The SMILES string of the molecule is CC(C)(C)c1ccc(SCC(Cl)Cn2ccnc2)cc1. The molecule has 0 aliphatic heterocycles. The van der Waals surface area contributed by atoms with E-state index in [2.05, 4.69) is 50.0 Å². The molecular formula is C16H21ClN2S. The first-order valence-corrected chi connectivity index (χ1v) is 8.20. The van der Waals surface area contributed by atoms with Gasteiger partial charge in [-0.2, -0.15) is 0 Å². The predicted octanol–water partition coefficient (Wildman–Crippen LogP) is 4.58. The molecule has 0 spiro atoms. The molecule has 0 aliphatic rings. The van der Waals surface area contributed by atoms with Gasteiger partial charge in [-0.05, 0) is 23.1 Å². The maximum absolute atomic E-state index is 6.36. The zero-order valence-corrected chi connectivity index (χ0v) is 13.8. The molecule has 1 heterocycles. The lowest BCUT2D eigenvalue weighted by molar-refractivity contribution is 0.590. The van der Waals surface area contributed by atoms with Gasteiger partial charge in [0, 0.05) is 29.6 Å². The molecule has 1 unspecified atom stereocenters. The Morgan fingerprint density at radius 2 is 1.95 bits per heavy atom. The zero-order chi connectivity index (χ0) is 14.6. The van der Waals surface area contributed by atoms with E-state index < -0.39 is 0 Å². The maximum atomic E-state index is 6.36.